The van der Waals surface area contributed by atoms with E-state index in [9.17, 15) is 9.59 Å². The molecule has 2 aromatic rings. The predicted molar refractivity (Wildman–Crippen MR) is 104 cm³/mol. The Labute approximate surface area is 162 Å². The zero-order chi connectivity index (χ0) is 19.1. The lowest BCUT2D eigenvalue weighted by atomic mass is 9.96. The number of anilines is 1. The topological polar surface area (TPSA) is 87.5 Å². The minimum atomic E-state index is -0.727. The smallest absolute Gasteiger partial charge is 0.314 e. The van der Waals surface area contributed by atoms with Crippen molar-refractivity contribution < 1.29 is 14.1 Å². The molecule has 0 saturated carbocycles. The zero-order valence-corrected chi connectivity index (χ0v) is 16.1. The van der Waals surface area contributed by atoms with Gasteiger partial charge in [0.1, 0.15) is 6.26 Å². The van der Waals surface area contributed by atoms with Gasteiger partial charge in [-0.1, -0.05) is 23.4 Å². The van der Waals surface area contributed by atoms with Crippen molar-refractivity contribution in [2.24, 2.45) is 5.92 Å². The van der Waals surface area contributed by atoms with Gasteiger partial charge in [-0.3, -0.25) is 19.8 Å². The molecule has 0 spiro atoms. The molecule has 0 aliphatic carbocycles. The monoisotopic (exact) mass is 388 g/mol. The highest BCUT2D eigenvalue weighted by Crippen LogP contribution is 2.24. The molecule has 27 heavy (non-hydrogen) atoms. The predicted octanol–water partition coefficient (Wildman–Crippen LogP) is 2.36. The minimum absolute atomic E-state index is 0.231. The van der Waals surface area contributed by atoms with Gasteiger partial charge >= 0.3 is 11.8 Å². The van der Waals surface area contributed by atoms with Gasteiger partial charge in [0, 0.05) is 24.1 Å². The van der Waals surface area contributed by atoms with Crippen LogP contribution in [0.25, 0.3) is 0 Å². The molecule has 7 nitrogen and oxygen atoms in total. The number of piperidine rings is 1. The van der Waals surface area contributed by atoms with Crippen LogP contribution in [0.2, 0.25) is 0 Å². The summed E-state index contributed by atoms with van der Waals surface area (Å²) in [7, 11) is 0. The fourth-order valence-electron chi connectivity index (χ4n) is 3.19. The third-order valence-corrected chi connectivity index (χ3v) is 5.57. The van der Waals surface area contributed by atoms with E-state index in [1.165, 1.54) is 22.8 Å². The number of nitrogens with one attached hydrogen (secondary N) is 2. The van der Waals surface area contributed by atoms with E-state index in [4.69, 9.17) is 0 Å². The molecule has 2 N–H and O–H groups in total. The first-order valence-corrected chi connectivity index (χ1v) is 10.2. The fraction of sp³-hybridized carbons (Fsp3) is 0.421. The third kappa shape index (κ3) is 5.58. The Morgan fingerprint density at radius 2 is 2.00 bits per heavy atom. The molecule has 1 saturated heterocycles. The summed E-state index contributed by atoms with van der Waals surface area (Å²) in [6.45, 7) is 3.46. The van der Waals surface area contributed by atoms with Gasteiger partial charge in [-0.25, -0.2) is 0 Å². The second-order valence-corrected chi connectivity index (χ2v) is 7.43. The summed E-state index contributed by atoms with van der Waals surface area (Å²) in [5.74, 6) is -0.751. The van der Waals surface area contributed by atoms with E-state index in [1.54, 1.807) is 11.8 Å². The molecule has 2 heterocycles. The summed E-state index contributed by atoms with van der Waals surface area (Å²) < 4.78 is 4.61. The van der Waals surface area contributed by atoms with Crippen molar-refractivity contribution in [1.82, 2.24) is 15.4 Å². The lowest BCUT2D eigenvalue weighted by molar-refractivity contribution is -0.136. The Hall–Kier alpha value is -2.32. The third-order valence-electron chi connectivity index (χ3n) is 4.73. The number of rotatable bonds is 6. The van der Waals surface area contributed by atoms with Gasteiger partial charge in [0.05, 0.1) is 0 Å². The molecule has 1 aliphatic rings. The van der Waals surface area contributed by atoms with Crippen LogP contribution in [0.15, 0.2) is 46.0 Å². The largest absolute Gasteiger partial charge is 0.363 e. The maximum absolute atomic E-state index is 11.9. The van der Waals surface area contributed by atoms with Gasteiger partial charge in [-0.2, -0.15) is 0 Å². The number of carbonyl (C=O) groups excluding carboxylic acids is 2. The van der Waals surface area contributed by atoms with Crippen molar-refractivity contribution in [3.8, 4) is 0 Å². The molecule has 1 aliphatic heterocycles. The maximum atomic E-state index is 11.9. The molecule has 1 aromatic carbocycles. The molecule has 0 radical (unpaired) electrons. The van der Waals surface area contributed by atoms with Crippen LogP contribution in [0, 0.1) is 5.92 Å². The summed E-state index contributed by atoms with van der Waals surface area (Å²) in [6, 6.07) is 9.98. The van der Waals surface area contributed by atoms with Crippen LogP contribution in [0.4, 0.5) is 5.82 Å². The Bertz CT molecular complexity index is 758. The van der Waals surface area contributed by atoms with Crippen molar-refractivity contribution in [1.29, 1.82) is 0 Å². The van der Waals surface area contributed by atoms with Crippen molar-refractivity contribution in [3.63, 3.8) is 0 Å². The van der Waals surface area contributed by atoms with E-state index in [-0.39, 0.29) is 5.82 Å². The van der Waals surface area contributed by atoms with Crippen molar-refractivity contribution in [2.75, 3.05) is 31.2 Å². The number of carbonyl (C=O) groups is 2. The van der Waals surface area contributed by atoms with Gasteiger partial charge in [0.2, 0.25) is 0 Å². The molecule has 8 heteroatoms. The molecule has 3 rings (SSSR count). The molecule has 0 unspecified atom stereocenters. The van der Waals surface area contributed by atoms with Gasteiger partial charge < -0.3 is 9.84 Å². The Balaban J connectivity index is 1.39. The lowest BCUT2D eigenvalue weighted by Gasteiger charge is -2.32. The van der Waals surface area contributed by atoms with Crippen LogP contribution in [0.1, 0.15) is 18.4 Å². The van der Waals surface area contributed by atoms with Crippen LogP contribution in [0.5, 0.6) is 0 Å². The summed E-state index contributed by atoms with van der Waals surface area (Å²) in [5, 5.41) is 8.65. The Morgan fingerprint density at radius 3 is 2.70 bits per heavy atom. The number of amides is 2. The lowest BCUT2D eigenvalue weighted by Crippen LogP contribution is -2.41. The summed E-state index contributed by atoms with van der Waals surface area (Å²) in [5.41, 5.74) is 1.36. The molecule has 1 fully saturated rings. The number of hydrogen-bond donors (Lipinski definition) is 2. The van der Waals surface area contributed by atoms with E-state index in [0.29, 0.717) is 12.5 Å². The summed E-state index contributed by atoms with van der Waals surface area (Å²) in [6.07, 6.45) is 5.45. The van der Waals surface area contributed by atoms with Gasteiger partial charge in [-0.05, 0) is 49.7 Å². The average molecular weight is 388 g/mol. The van der Waals surface area contributed by atoms with E-state index < -0.39 is 11.8 Å². The SMILES string of the molecule is CSc1ccccc1CN1CCC(CNC(=O)C(=O)Nc2ccon2)CC1. The first kappa shape index (κ1) is 19.4. The average Bonchev–Trinajstić information content (AvgIpc) is 3.20. The quantitative estimate of drug-likeness (QED) is 0.584. The first-order chi connectivity index (χ1) is 13.2. The second kappa shape index (κ2) is 9.57. The number of likely N-dealkylation sites (tertiary alicyclic amines) is 1. The standard InChI is InChI=1S/C19H24N4O3S/c1-27-16-5-3-2-4-15(16)13-23-9-6-14(7-10-23)12-20-18(24)19(25)21-17-8-11-26-22-17/h2-5,8,11,14H,6-7,9-10,12-13H2,1H3,(H,20,24)(H,21,22,25). The number of nitrogens with zero attached hydrogens (tertiary/aromatic N) is 2. The summed E-state index contributed by atoms with van der Waals surface area (Å²) >= 11 is 1.78. The maximum Gasteiger partial charge on any atom is 0.314 e. The van der Waals surface area contributed by atoms with E-state index in [1.807, 2.05) is 0 Å². The van der Waals surface area contributed by atoms with Crippen LogP contribution in [-0.4, -0.2) is 47.8 Å². The van der Waals surface area contributed by atoms with Gasteiger partial charge in [-0.15, -0.1) is 11.8 Å². The first-order valence-electron chi connectivity index (χ1n) is 8.99. The molecule has 0 bridgehead atoms. The van der Waals surface area contributed by atoms with Crippen molar-refractivity contribution in [2.45, 2.75) is 24.3 Å². The van der Waals surface area contributed by atoms with Gasteiger partial charge in [0.25, 0.3) is 0 Å². The minimum Gasteiger partial charge on any atom is -0.363 e. The van der Waals surface area contributed by atoms with Crippen molar-refractivity contribution in [3.05, 3.63) is 42.2 Å². The van der Waals surface area contributed by atoms with Crippen LogP contribution >= 0.6 is 11.8 Å². The molecular formula is C19H24N4O3S. The van der Waals surface area contributed by atoms with Crippen LogP contribution in [0.3, 0.4) is 0 Å². The molecule has 2 amide bonds. The highest BCUT2D eigenvalue weighted by molar-refractivity contribution is 7.98. The van der Waals surface area contributed by atoms with Crippen molar-refractivity contribution >= 4 is 29.4 Å². The van der Waals surface area contributed by atoms with Gasteiger partial charge in [0.15, 0.2) is 5.82 Å². The summed E-state index contributed by atoms with van der Waals surface area (Å²) in [4.78, 5) is 27.5. The number of aromatic nitrogens is 1. The van der Waals surface area contributed by atoms with Crippen LogP contribution in [-0.2, 0) is 16.1 Å². The Morgan fingerprint density at radius 1 is 1.22 bits per heavy atom. The number of thioether (sulfide) groups is 1. The molecule has 1 aromatic heterocycles. The molecule has 144 valence electrons. The second-order valence-electron chi connectivity index (χ2n) is 6.58. The van der Waals surface area contributed by atoms with E-state index >= 15 is 0 Å². The number of benzene rings is 1. The normalized spacial score (nSPS) is 15.4. The highest BCUT2D eigenvalue weighted by Gasteiger charge is 2.22. The van der Waals surface area contributed by atoms with E-state index in [2.05, 4.69) is 55.7 Å². The molecule has 0 atom stereocenters. The number of hydrogen-bond acceptors (Lipinski definition) is 6. The highest BCUT2D eigenvalue weighted by atomic mass is 32.2. The van der Waals surface area contributed by atoms with E-state index in [0.717, 1.165) is 32.5 Å². The van der Waals surface area contributed by atoms with Crippen LogP contribution < -0.4 is 10.6 Å². The fourth-order valence-corrected chi connectivity index (χ4v) is 3.80. The Kier molecular flexibility index (Phi) is 6.89. The molecular weight excluding hydrogens is 364 g/mol. The zero-order valence-electron chi connectivity index (χ0n) is 15.3.